The van der Waals surface area contributed by atoms with Crippen LogP contribution < -0.4 is 16.8 Å². The molecular formula is C27H53N5O4. The van der Waals surface area contributed by atoms with Crippen molar-refractivity contribution >= 4 is 23.6 Å². The largest absolute Gasteiger partial charge is 0.368 e. The second-order valence-electron chi connectivity index (χ2n) is 11.5. The van der Waals surface area contributed by atoms with Crippen molar-refractivity contribution in [2.24, 2.45) is 35.1 Å². The van der Waals surface area contributed by atoms with Gasteiger partial charge in [-0.3, -0.25) is 19.2 Å². The molecule has 9 heteroatoms. The summed E-state index contributed by atoms with van der Waals surface area (Å²) in [6, 6.07) is -0.350. The summed E-state index contributed by atoms with van der Waals surface area (Å²) < 4.78 is 0. The molecular weight excluding hydrogens is 458 g/mol. The Morgan fingerprint density at radius 3 is 1.72 bits per heavy atom. The van der Waals surface area contributed by atoms with E-state index < -0.39 is 5.91 Å². The zero-order valence-electron chi connectivity index (χ0n) is 23.8. The number of nitrogens with one attached hydrogen (secondary N) is 1. The van der Waals surface area contributed by atoms with E-state index in [1.54, 1.807) is 4.90 Å². The van der Waals surface area contributed by atoms with Gasteiger partial charge in [-0.15, -0.1) is 0 Å². The molecule has 0 saturated carbocycles. The molecule has 0 heterocycles. The van der Waals surface area contributed by atoms with Crippen molar-refractivity contribution in [3.8, 4) is 0 Å². The molecule has 0 saturated heterocycles. The molecule has 0 aromatic heterocycles. The normalized spacial score (nSPS) is 13.1. The Morgan fingerprint density at radius 2 is 1.28 bits per heavy atom. The monoisotopic (exact) mass is 511 g/mol. The molecule has 0 bridgehead atoms. The second kappa shape index (κ2) is 18.1. The fraction of sp³-hybridized carbons (Fsp3) is 0.852. The minimum Gasteiger partial charge on any atom is -0.368 e. The van der Waals surface area contributed by atoms with Crippen molar-refractivity contribution in [2.75, 3.05) is 32.7 Å². The van der Waals surface area contributed by atoms with E-state index in [0.29, 0.717) is 32.4 Å². The van der Waals surface area contributed by atoms with E-state index in [4.69, 9.17) is 11.5 Å². The summed E-state index contributed by atoms with van der Waals surface area (Å²) in [7, 11) is 0. The number of unbranched alkanes of at least 4 members (excludes halogenated alkanes) is 1. The van der Waals surface area contributed by atoms with Gasteiger partial charge in [0.25, 0.3) is 0 Å². The maximum absolute atomic E-state index is 13.1. The standard InChI is InChI=1S/C27H53N5O4/c1-19(2)12-23(16-32(17-24(29)33)27(36)14-21(5)6)30-25(34)18-31(26(35)13-20(3)4)15-22(7)10-8-9-11-28/h19-23H,8-18,28H2,1-7H3,(H2,29,33)(H,30,34)/t22-,23-/m0/s1. The summed E-state index contributed by atoms with van der Waals surface area (Å²) in [5.41, 5.74) is 11.0. The summed E-state index contributed by atoms with van der Waals surface area (Å²) in [5.74, 6) is -0.200. The van der Waals surface area contributed by atoms with Crippen LogP contribution in [0.3, 0.4) is 0 Å². The molecule has 36 heavy (non-hydrogen) atoms. The summed E-state index contributed by atoms with van der Waals surface area (Å²) in [4.78, 5) is 53.5. The SMILES string of the molecule is CC(C)CC(=O)N(CC(=O)N[C@@H](CC(C)C)CN(CC(N)=O)C(=O)CC(C)C)C[C@@H](C)CCCCN. The van der Waals surface area contributed by atoms with Gasteiger partial charge in [0.1, 0.15) is 0 Å². The third kappa shape index (κ3) is 16.5. The van der Waals surface area contributed by atoms with Crippen molar-refractivity contribution in [3.63, 3.8) is 0 Å². The fourth-order valence-corrected chi connectivity index (χ4v) is 4.22. The first-order valence-corrected chi connectivity index (χ1v) is 13.6. The van der Waals surface area contributed by atoms with Gasteiger partial charge in [0.15, 0.2) is 0 Å². The molecule has 0 aromatic rings. The Balaban J connectivity index is 5.47. The van der Waals surface area contributed by atoms with Crippen LogP contribution in [0, 0.1) is 23.7 Å². The predicted octanol–water partition coefficient (Wildman–Crippen LogP) is 2.52. The van der Waals surface area contributed by atoms with Crippen molar-refractivity contribution in [1.82, 2.24) is 15.1 Å². The summed E-state index contributed by atoms with van der Waals surface area (Å²) in [6.07, 6.45) is 4.20. The molecule has 0 unspecified atom stereocenters. The lowest BCUT2D eigenvalue weighted by atomic mass is 10.0. The molecule has 0 rings (SSSR count). The second-order valence-corrected chi connectivity index (χ2v) is 11.5. The van der Waals surface area contributed by atoms with E-state index in [2.05, 4.69) is 12.2 Å². The Labute approximate surface area is 219 Å². The van der Waals surface area contributed by atoms with Crippen molar-refractivity contribution in [3.05, 3.63) is 0 Å². The third-order valence-corrected chi connectivity index (χ3v) is 5.80. The Kier molecular flexibility index (Phi) is 17.1. The van der Waals surface area contributed by atoms with Crippen LogP contribution in [0.25, 0.3) is 0 Å². The Bertz CT molecular complexity index is 681. The van der Waals surface area contributed by atoms with E-state index in [9.17, 15) is 19.2 Å². The maximum Gasteiger partial charge on any atom is 0.239 e. The van der Waals surface area contributed by atoms with E-state index in [1.165, 1.54) is 4.90 Å². The minimum absolute atomic E-state index is 0.0306. The van der Waals surface area contributed by atoms with Crippen LogP contribution in [0.15, 0.2) is 0 Å². The zero-order chi connectivity index (χ0) is 27.8. The lowest BCUT2D eigenvalue weighted by molar-refractivity contribution is -0.138. The summed E-state index contributed by atoms with van der Waals surface area (Å²) in [6.45, 7) is 15.2. The first kappa shape index (κ1) is 33.8. The number of carbonyl (C=O) groups is 4. The van der Waals surface area contributed by atoms with Crippen LogP contribution in [0.5, 0.6) is 0 Å². The molecule has 0 aliphatic heterocycles. The number of hydrogen-bond donors (Lipinski definition) is 3. The first-order chi connectivity index (χ1) is 16.7. The molecule has 5 N–H and O–H groups in total. The van der Waals surface area contributed by atoms with Gasteiger partial charge in [-0.1, -0.05) is 54.9 Å². The van der Waals surface area contributed by atoms with Crippen molar-refractivity contribution in [2.45, 2.75) is 93.0 Å². The van der Waals surface area contributed by atoms with Crippen LogP contribution in [-0.2, 0) is 19.2 Å². The minimum atomic E-state index is -0.587. The number of nitrogens with two attached hydrogens (primary N) is 2. The average molecular weight is 512 g/mol. The lowest BCUT2D eigenvalue weighted by Gasteiger charge is -2.31. The summed E-state index contributed by atoms with van der Waals surface area (Å²) >= 11 is 0. The van der Waals surface area contributed by atoms with Gasteiger partial charge in [-0.05, 0) is 49.5 Å². The number of primary amides is 1. The number of amides is 4. The van der Waals surface area contributed by atoms with E-state index in [1.807, 2.05) is 41.5 Å². The molecule has 0 fully saturated rings. The van der Waals surface area contributed by atoms with Gasteiger partial charge >= 0.3 is 0 Å². The molecule has 0 radical (unpaired) electrons. The number of nitrogens with zero attached hydrogens (tertiary/aromatic N) is 2. The fourth-order valence-electron chi connectivity index (χ4n) is 4.22. The molecule has 0 aliphatic rings. The Morgan fingerprint density at radius 1 is 0.750 bits per heavy atom. The van der Waals surface area contributed by atoms with E-state index >= 15 is 0 Å². The quantitative estimate of drug-likeness (QED) is 0.229. The van der Waals surface area contributed by atoms with Gasteiger partial charge in [0, 0.05) is 32.0 Å². The predicted molar refractivity (Wildman–Crippen MR) is 145 cm³/mol. The zero-order valence-corrected chi connectivity index (χ0v) is 23.8. The molecule has 0 aliphatic carbocycles. The van der Waals surface area contributed by atoms with Gasteiger partial charge in [0.05, 0.1) is 13.1 Å². The summed E-state index contributed by atoms with van der Waals surface area (Å²) in [5, 5.41) is 3.03. The van der Waals surface area contributed by atoms with Gasteiger partial charge in [0.2, 0.25) is 23.6 Å². The van der Waals surface area contributed by atoms with Gasteiger partial charge in [-0.25, -0.2) is 0 Å². The molecule has 210 valence electrons. The molecule has 9 nitrogen and oxygen atoms in total. The number of rotatable bonds is 19. The highest BCUT2D eigenvalue weighted by molar-refractivity contribution is 5.85. The first-order valence-electron chi connectivity index (χ1n) is 13.6. The van der Waals surface area contributed by atoms with Crippen LogP contribution in [0.4, 0.5) is 0 Å². The highest BCUT2D eigenvalue weighted by Gasteiger charge is 2.25. The molecule has 0 spiro atoms. The highest BCUT2D eigenvalue weighted by Crippen LogP contribution is 2.14. The lowest BCUT2D eigenvalue weighted by Crippen LogP contribution is -2.51. The van der Waals surface area contributed by atoms with Crippen LogP contribution in [0.1, 0.15) is 87.0 Å². The van der Waals surface area contributed by atoms with Crippen LogP contribution in [-0.4, -0.2) is 72.2 Å². The molecule has 4 amide bonds. The van der Waals surface area contributed by atoms with E-state index in [-0.39, 0.29) is 67.1 Å². The third-order valence-electron chi connectivity index (χ3n) is 5.80. The van der Waals surface area contributed by atoms with E-state index in [0.717, 1.165) is 19.3 Å². The van der Waals surface area contributed by atoms with Crippen LogP contribution >= 0.6 is 0 Å². The smallest absolute Gasteiger partial charge is 0.239 e. The Hall–Kier alpha value is -2.16. The van der Waals surface area contributed by atoms with Gasteiger partial charge < -0.3 is 26.6 Å². The van der Waals surface area contributed by atoms with Crippen molar-refractivity contribution in [1.29, 1.82) is 0 Å². The van der Waals surface area contributed by atoms with Gasteiger partial charge in [-0.2, -0.15) is 0 Å². The topological polar surface area (TPSA) is 139 Å². The molecule has 2 atom stereocenters. The molecule has 0 aromatic carbocycles. The van der Waals surface area contributed by atoms with Crippen LogP contribution in [0.2, 0.25) is 0 Å². The average Bonchev–Trinajstić information content (AvgIpc) is 2.71. The highest BCUT2D eigenvalue weighted by atomic mass is 16.2. The van der Waals surface area contributed by atoms with Crippen molar-refractivity contribution < 1.29 is 19.2 Å². The maximum atomic E-state index is 13.1. The number of hydrogen-bond acceptors (Lipinski definition) is 5. The number of carbonyl (C=O) groups excluding carboxylic acids is 4.